The Hall–Kier alpha value is -0.870. The van der Waals surface area contributed by atoms with Crippen LogP contribution in [0.1, 0.15) is 78.1 Å². The third kappa shape index (κ3) is 3.92. The molecule has 0 aromatic carbocycles. The maximum atomic E-state index is 11.7. The van der Waals surface area contributed by atoms with Gasteiger partial charge in [0.1, 0.15) is 6.61 Å². The molecule has 164 valence electrons. The Morgan fingerprint density at radius 1 is 1.14 bits per heavy atom. The molecule has 3 saturated carbocycles. The first-order chi connectivity index (χ1) is 13.9. The molecular weight excluding hydrogens is 364 g/mol. The minimum Gasteiger partial charge on any atom is -0.458 e. The second-order valence-electron chi connectivity index (χ2n) is 10.9. The molecule has 3 aliphatic carbocycles. The molecule has 1 heterocycles. The van der Waals surface area contributed by atoms with E-state index in [9.17, 15) is 9.90 Å². The number of hydrogen-bond donors (Lipinski definition) is 1. The molecule has 0 saturated heterocycles. The standard InChI is InChI=1S/C25H40O4/c1-24(16-26)11-10-22-17(5-4-6-21(24)18-13-23(27)29-15-18)7-8-19-14-20(28-3)9-12-25(19,22)2/h13,17,19-22,26H,4-12,14-16H2,1-3H3/t17-,19+,20+,21-,22?,24?,25?/m1/s1. The summed E-state index contributed by atoms with van der Waals surface area (Å²) >= 11 is 0. The van der Waals surface area contributed by atoms with Crippen molar-refractivity contribution in [2.45, 2.75) is 84.2 Å². The SMILES string of the molecule is CO[C@H]1CCC2(C)C3CCC(C)(CO)[C@@H](C4=CC(=O)OC4)CCC[C@@H]3CC[C@H]2C1. The predicted molar refractivity (Wildman–Crippen MR) is 113 cm³/mol. The van der Waals surface area contributed by atoms with Crippen LogP contribution >= 0.6 is 0 Å². The van der Waals surface area contributed by atoms with E-state index < -0.39 is 0 Å². The average molecular weight is 405 g/mol. The van der Waals surface area contributed by atoms with E-state index in [2.05, 4.69) is 13.8 Å². The number of ether oxygens (including phenoxy) is 2. The van der Waals surface area contributed by atoms with Gasteiger partial charge in [0.2, 0.25) is 0 Å². The molecule has 0 radical (unpaired) electrons. The second kappa shape index (κ2) is 8.34. The number of carbonyl (C=O) groups excluding carboxylic acids is 1. The van der Waals surface area contributed by atoms with Crippen molar-refractivity contribution in [3.8, 4) is 0 Å². The van der Waals surface area contributed by atoms with E-state index in [4.69, 9.17) is 9.47 Å². The van der Waals surface area contributed by atoms with Gasteiger partial charge in [0, 0.05) is 19.8 Å². The first kappa shape index (κ1) is 21.4. The second-order valence-corrected chi connectivity index (χ2v) is 10.9. The number of methoxy groups -OCH3 is 1. The Morgan fingerprint density at radius 2 is 1.97 bits per heavy atom. The first-order valence-corrected chi connectivity index (χ1v) is 11.9. The van der Waals surface area contributed by atoms with Crippen molar-refractivity contribution in [2.24, 2.45) is 34.5 Å². The van der Waals surface area contributed by atoms with E-state index in [1.165, 1.54) is 51.4 Å². The highest BCUT2D eigenvalue weighted by Crippen LogP contribution is 2.59. The van der Waals surface area contributed by atoms with Gasteiger partial charge >= 0.3 is 5.97 Å². The summed E-state index contributed by atoms with van der Waals surface area (Å²) in [6.45, 7) is 5.42. The van der Waals surface area contributed by atoms with Crippen LogP contribution in [0.3, 0.4) is 0 Å². The third-order valence-electron chi connectivity index (χ3n) is 9.55. The molecule has 0 spiro atoms. The summed E-state index contributed by atoms with van der Waals surface area (Å²) in [6, 6.07) is 0. The zero-order chi connectivity index (χ0) is 20.6. The fraction of sp³-hybridized carbons (Fsp3) is 0.880. The van der Waals surface area contributed by atoms with Crippen molar-refractivity contribution >= 4 is 5.97 Å². The molecule has 0 aromatic heterocycles. The van der Waals surface area contributed by atoms with Crippen LogP contribution in [0, 0.1) is 34.5 Å². The van der Waals surface area contributed by atoms with Gasteiger partial charge in [0.15, 0.2) is 0 Å². The van der Waals surface area contributed by atoms with Gasteiger partial charge in [0.25, 0.3) is 0 Å². The molecule has 4 heteroatoms. The molecule has 3 unspecified atom stereocenters. The molecule has 4 aliphatic rings. The number of esters is 1. The zero-order valence-electron chi connectivity index (χ0n) is 18.6. The molecule has 4 nitrogen and oxygen atoms in total. The number of aliphatic hydroxyl groups excluding tert-OH is 1. The largest absolute Gasteiger partial charge is 0.458 e. The highest BCUT2D eigenvalue weighted by Gasteiger charge is 2.51. The van der Waals surface area contributed by atoms with Gasteiger partial charge in [-0.1, -0.05) is 26.7 Å². The van der Waals surface area contributed by atoms with Gasteiger partial charge in [-0.25, -0.2) is 4.79 Å². The number of cyclic esters (lactones) is 1. The number of aliphatic hydroxyl groups is 1. The first-order valence-electron chi connectivity index (χ1n) is 11.9. The van der Waals surface area contributed by atoms with Crippen LogP contribution in [0.15, 0.2) is 11.6 Å². The maximum absolute atomic E-state index is 11.7. The van der Waals surface area contributed by atoms with E-state index in [1.54, 1.807) is 6.08 Å². The molecule has 3 fully saturated rings. The molecular formula is C25H40O4. The monoisotopic (exact) mass is 404 g/mol. The molecule has 0 bridgehead atoms. The van der Waals surface area contributed by atoms with Crippen molar-refractivity contribution in [3.05, 3.63) is 11.6 Å². The van der Waals surface area contributed by atoms with Gasteiger partial charge in [0.05, 0.1) is 6.10 Å². The lowest BCUT2D eigenvalue weighted by molar-refractivity contribution is -0.135. The lowest BCUT2D eigenvalue weighted by atomic mass is 9.50. The van der Waals surface area contributed by atoms with Crippen LogP contribution in [0.25, 0.3) is 0 Å². The maximum Gasteiger partial charge on any atom is 0.331 e. The number of rotatable bonds is 3. The fourth-order valence-electron chi connectivity index (χ4n) is 7.60. The van der Waals surface area contributed by atoms with Crippen molar-refractivity contribution in [1.82, 2.24) is 0 Å². The van der Waals surface area contributed by atoms with Crippen molar-refractivity contribution < 1.29 is 19.4 Å². The minimum atomic E-state index is -0.209. The fourth-order valence-corrected chi connectivity index (χ4v) is 7.60. The highest BCUT2D eigenvalue weighted by atomic mass is 16.5. The Bertz CT molecular complexity index is 643. The van der Waals surface area contributed by atoms with E-state index in [-0.39, 0.29) is 23.9 Å². The molecule has 0 amide bonds. The average Bonchev–Trinajstić information content (AvgIpc) is 3.16. The third-order valence-corrected chi connectivity index (χ3v) is 9.55. The Balaban J connectivity index is 1.57. The predicted octanol–water partition coefficient (Wildman–Crippen LogP) is 4.90. The summed E-state index contributed by atoms with van der Waals surface area (Å²) in [4.78, 5) is 11.7. The number of hydrogen-bond acceptors (Lipinski definition) is 4. The van der Waals surface area contributed by atoms with Gasteiger partial charge in [-0.2, -0.15) is 0 Å². The quantitative estimate of drug-likeness (QED) is 0.680. The Labute approximate surface area is 176 Å². The normalized spacial score (nSPS) is 45.9. The van der Waals surface area contributed by atoms with E-state index >= 15 is 0 Å². The van der Waals surface area contributed by atoms with Crippen LogP contribution in [0.4, 0.5) is 0 Å². The van der Waals surface area contributed by atoms with E-state index in [0.29, 0.717) is 18.1 Å². The zero-order valence-corrected chi connectivity index (χ0v) is 18.6. The van der Waals surface area contributed by atoms with Crippen molar-refractivity contribution in [3.63, 3.8) is 0 Å². The summed E-state index contributed by atoms with van der Waals surface area (Å²) < 4.78 is 11.0. The van der Waals surface area contributed by atoms with Crippen LogP contribution < -0.4 is 0 Å². The van der Waals surface area contributed by atoms with Crippen LogP contribution in [0.5, 0.6) is 0 Å². The Morgan fingerprint density at radius 3 is 2.66 bits per heavy atom. The van der Waals surface area contributed by atoms with E-state index in [1.807, 2.05) is 7.11 Å². The number of fused-ring (bicyclic) bond motifs is 3. The van der Waals surface area contributed by atoms with Gasteiger partial charge in [-0.05, 0) is 91.4 Å². The molecule has 1 aliphatic heterocycles. The number of carbonyl (C=O) groups is 1. The van der Waals surface area contributed by atoms with Crippen LogP contribution in [-0.4, -0.2) is 37.5 Å². The van der Waals surface area contributed by atoms with Crippen molar-refractivity contribution in [1.29, 1.82) is 0 Å². The van der Waals surface area contributed by atoms with E-state index in [0.717, 1.165) is 36.2 Å². The summed E-state index contributed by atoms with van der Waals surface area (Å²) in [6.07, 6.45) is 14.3. The van der Waals surface area contributed by atoms with Gasteiger partial charge in [-0.15, -0.1) is 0 Å². The van der Waals surface area contributed by atoms with Crippen LogP contribution in [0.2, 0.25) is 0 Å². The van der Waals surface area contributed by atoms with Crippen molar-refractivity contribution in [2.75, 3.05) is 20.3 Å². The molecule has 1 N–H and O–H groups in total. The highest BCUT2D eigenvalue weighted by molar-refractivity contribution is 5.85. The molecule has 4 rings (SSSR count). The topological polar surface area (TPSA) is 55.8 Å². The summed E-state index contributed by atoms with van der Waals surface area (Å²) in [7, 11) is 1.87. The molecule has 7 atom stereocenters. The smallest absolute Gasteiger partial charge is 0.331 e. The summed E-state index contributed by atoms with van der Waals surface area (Å²) in [5, 5.41) is 10.4. The Kier molecular flexibility index (Phi) is 6.14. The summed E-state index contributed by atoms with van der Waals surface area (Å²) in [5.74, 6) is 2.39. The summed E-state index contributed by atoms with van der Waals surface area (Å²) in [5.41, 5.74) is 1.36. The lowest BCUT2D eigenvalue weighted by Crippen LogP contribution is -2.48. The minimum absolute atomic E-state index is 0.165. The lowest BCUT2D eigenvalue weighted by Gasteiger charge is -2.55. The van der Waals surface area contributed by atoms with Crippen LogP contribution in [-0.2, 0) is 14.3 Å². The molecule has 29 heavy (non-hydrogen) atoms. The van der Waals surface area contributed by atoms with Gasteiger partial charge < -0.3 is 14.6 Å². The van der Waals surface area contributed by atoms with Gasteiger partial charge in [-0.3, -0.25) is 0 Å². The molecule has 0 aromatic rings.